The van der Waals surface area contributed by atoms with E-state index in [1.807, 2.05) is 13.0 Å². The summed E-state index contributed by atoms with van der Waals surface area (Å²) >= 11 is 0. The van der Waals surface area contributed by atoms with Gasteiger partial charge < -0.3 is 9.80 Å². The first kappa shape index (κ1) is 13.0. The average molecular weight is 283 g/mol. The van der Waals surface area contributed by atoms with E-state index in [9.17, 15) is 0 Å². The van der Waals surface area contributed by atoms with Crippen LogP contribution in [0, 0.1) is 18.2 Å². The molecule has 0 aliphatic carbocycles. The fourth-order valence-corrected chi connectivity index (χ4v) is 3.60. The van der Waals surface area contributed by atoms with Crippen molar-refractivity contribution in [2.24, 2.45) is 11.3 Å². The summed E-state index contributed by atoms with van der Waals surface area (Å²) in [7, 11) is 0. The van der Waals surface area contributed by atoms with E-state index in [1.165, 1.54) is 16.9 Å². The predicted molar refractivity (Wildman–Crippen MR) is 89.7 cm³/mol. The van der Waals surface area contributed by atoms with Crippen LogP contribution in [0.1, 0.15) is 41.6 Å². The molecule has 0 saturated heterocycles. The van der Waals surface area contributed by atoms with Gasteiger partial charge in [0.2, 0.25) is 0 Å². The van der Waals surface area contributed by atoms with Gasteiger partial charge in [-0.3, -0.25) is 0 Å². The van der Waals surface area contributed by atoms with Crippen molar-refractivity contribution in [3.63, 3.8) is 0 Å². The Balaban J connectivity index is 2.19. The Kier molecular flexibility index (Phi) is 2.88. The lowest BCUT2D eigenvalue weighted by atomic mass is 9.90. The number of rotatable bonds is 1. The minimum atomic E-state index is -0.648. The van der Waals surface area contributed by atoms with Crippen LogP contribution in [0.15, 0.2) is 47.9 Å². The minimum Gasteiger partial charge on any atom is -0.328 e. The number of hydrogen-bond donors (Lipinski definition) is 0. The molecule has 1 aromatic rings. The lowest BCUT2D eigenvalue weighted by Crippen LogP contribution is -2.47. The molecule has 2 heterocycles. The van der Waals surface area contributed by atoms with Crippen molar-refractivity contribution in [1.29, 1.82) is 0 Å². The lowest BCUT2D eigenvalue weighted by molar-refractivity contribution is 0.198. The molecule has 0 aromatic heterocycles. The van der Waals surface area contributed by atoms with Crippen LogP contribution < -0.4 is 4.90 Å². The van der Waals surface area contributed by atoms with Gasteiger partial charge >= 0.3 is 0 Å². The van der Waals surface area contributed by atoms with Gasteiger partial charge in [-0.25, -0.2) is 0 Å². The van der Waals surface area contributed by atoms with Crippen LogP contribution >= 0.6 is 0 Å². The van der Waals surface area contributed by atoms with E-state index < -0.39 is 5.89 Å². The highest BCUT2D eigenvalue weighted by Gasteiger charge is 2.45. The Hall–Kier alpha value is -1.70. The molecule has 2 heteroatoms. The van der Waals surface area contributed by atoms with Gasteiger partial charge in [0, 0.05) is 36.0 Å². The molecule has 2 nitrogen and oxygen atoms in total. The number of fused-ring (bicyclic) bond motifs is 1. The van der Waals surface area contributed by atoms with Crippen molar-refractivity contribution < 1.29 is 1.37 Å². The van der Waals surface area contributed by atoms with E-state index >= 15 is 0 Å². The Morgan fingerprint density at radius 1 is 1.14 bits per heavy atom. The average Bonchev–Trinajstić information content (AvgIpc) is 2.86. The van der Waals surface area contributed by atoms with Crippen molar-refractivity contribution >= 4 is 5.69 Å². The molecule has 0 amide bonds. The summed E-state index contributed by atoms with van der Waals surface area (Å²) in [6.07, 6.45) is 4.30. The Labute approximate surface area is 130 Å². The molecule has 1 aromatic carbocycles. The Bertz CT molecular complexity index is 664. The van der Waals surface area contributed by atoms with E-state index in [0.717, 1.165) is 5.70 Å². The summed E-state index contributed by atoms with van der Waals surface area (Å²) in [5.74, 6) is -0.648. The van der Waals surface area contributed by atoms with Gasteiger partial charge in [-0.05, 0) is 25.5 Å². The van der Waals surface area contributed by atoms with Crippen LogP contribution in [-0.2, 0) is 0 Å². The van der Waals surface area contributed by atoms with Gasteiger partial charge in [-0.15, -0.1) is 0 Å². The summed E-state index contributed by atoms with van der Waals surface area (Å²) in [5.41, 5.74) is 4.88. The van der Waals surface area contributed by atoms with Gasteiger partial charge in [-0.1, -0.05) is 52.0 Å². The van der Waals surface area contributed by atoms with Crippen LogP contribution in [0.5, 0.6) is 0 Å². The molecule has 0 fully saturated rings. The van der Waals surface area contributed by atoms with E-state index in [0.29, 0.717) is 0 Å². The molecule has 2 aliphatic rings. The third-order valence-corrected chi connectivity index (χ3v) is 4.48. The highest BCUT2D eigenvalue weighted by molar-refractivity contribution is 5.62. The van der Waals surface area contributed by atoms with Crippen molar-refractivity contribution in [2.45, 2.75) is 47.7 Å². The van der Waals surface area contributed by atoms with Gasteiger partial charge in [0.1, 0.15) is 6.17 Å². The van der Waals surface area contributed by atoms with Crippen LogP contribution in [0.3, 0.4) is 0 Å². The highest BCUT2D eigenvalue weighted by atomic mass is 15.4. The quantitative estimate of drug-likeness (QED) is 0.724. The van der Waals surface area contributed by atoms with Gasteiger partial charge in [0.25, 0.3) is 0 Å². The maximum Gasteiger partial charge on any atom is 0.115 e. The van der Waals surface area contributed by atoms with Gasteiger partial charge in [0.15, 0.2) is 0 Å². The summed E-state index contributed by atoms with van der Waals surface area (Å²) in [4.78, 5) is 4.72. The number of para-hydroxylation sites is 1. The van der Waals surface area contributed by atoms with Crippen molar-refractivity contribution in [1.82, 2.24) is 4.90 Å². The highest BCUT2D eigenvalue weighted by Crippen LogP contribution is 2.47. The third-order valence-electron chi connectivity index (χ3n) is 4.48. The van der Waals surface area contributed by atoms with Crippen LogP contribution in [0.25, 0.3) is 0 Å². The number of anilines is 1. The number of allylic oxidation sites excluding steroid dienone is 2. The van der Waals surface area contributed by atoms with Gasteiger partial charge in [-0.2, -0.15) is 0 Å². The van der Waals surface area contributed by atoms with Crippen molar-refractivity contribution in [2.75, 3.05) is 4.90 Å². The van der Waals surface area contributed by atoms with E-state index in [2.05, 4.69) is 74.9 Å². The summed E-state index contributed by atoms with van der Waals surface area (Å²) in [6.45, 7) is 13.1. The number of hydrogen-bond acceptors (Lipinski definition) is 2. The maximum atomic E-state index is 8.63. The molecule has 3 rings (SSSR count). The molecule has 21 heavy (non-hydrogen) atoms. The largest absolute Gasteiger partial charge is 0.328 e. The molecule has 0 saturated carbocycles. The van der Waals surface area contributed by atoms with Crippen molar-refractivity contribution in [3.05, 3.63) is 53.5 Å². The Morgan fingerprint density at radius 3 is 2.43 bits per heavy atom. The standard InChI is InChI=1S/C19H26N2/c1-13-9-7-8-10-16(13)21-15(3)17-14(2)11-12-20(17)18(21)19(4,5)6/h7-12,14,18H,1-6H3/i14D. The molecule has 0 N–H and O–H groups in total. The second-order valence-electron chi connectivity index (χ2n) is 7.24. The third kappa shape index (κ3) is 2.08. The van der Waals surface area contributed by atoms with E-state index in [1.54, 1.807) is 0 Å². The first-order valence-corrected chi connectivity index (χ1v) is 7.68. The van der Waals surface area contributed by atoms with E-state index in [4.69, 9.17) is 1.37 Å². The fraction of sp³-hybridized carbons (Fsp3) is 0.474. The second-order valence-corrected chi connectivity index (χ2v) is 7.24. The molecule has 2 unspecified atom stereocenters. The summed E-state index contributed by atoms with van der Waals surface area (Å²) in [6, 6.07) is 8.52. The molecular formula is C19H26N2. The normalized spacial score (nSPS) is 29.2. The number of nitrogens with zero attached hydrogens (tertiary/aromatic N) is 2. The second kappa shape index (κ2) is 4.66. The number of benzene rings is 1. The monoisotopic (exact) mass is 283 g/mol. The summed E-state index contributed by atoms with van der Waals surface area (Å²) < 4.78 is 8.63. The zero-order valence-electron chi connectivity index (χ0n) is 14.9. The minimum absolute atomic E-state index is 0.0655. The SMILES string of the molecule is [2H]C1(C)C=CN2C1=C(C)N(c1ccccc1C)C2C(C)(C)C. The molecular weight excluding hydrogens is 256 g/mol. The predicted octanol–water partition coefficient (Wildman–Crippen LogP) is 4.88. The fourth-order valence-electron chi connectivity index (χ4n) is 3.60. The van der Waals surface area contributed by atoms with Crippen molar-refractivity contribution in [3.8, 4) is 0 Å². The molecule has 0 spiro atoms. The zero-order chi connectivity index (χ0) is 16.3. The molecule has 2 aliphatic heterocycles. The van der Waals surface area contributed by atoms with Crippen LogP contribution in [0.4, 0.5) is 5.69 Å². The van der Waals surface area contributed by atoms with Crippen LogP contribution in [-0.4, -0.2) is 11.1 Å². The topological polar surface area (TPSA) is 6.48 Å². The van der Waals surface area contributed by atoms with E-state index in [-0.39, 0.29) is 11.6 Å². The zero-order valence-corrected chi connectivity index (χ0v) is 13.9. The molecule has 0 radical (unpaired) electrons. The smallest absolute Gasteiger partial charge is 0.115 e. The van der Waals surface area contributed by atoms with Gasteiger partial charge in [0.05, 0.1) is 0 Å². The first-order valence-electron chi connectivity index (χ1n) is 8.18. The maximum absolute atomic E-state index is 8.63. The molecule has 2 atom stereocenters. The molecule has 0 bridgehead atoms. The molecule has 112 valence electrons. The Morgan fingerprint density at radius 2 is 1.81 bits per heavy atom. The number of aryl methyl sites for hydroxylation is 1. The summed E-state index contributed by atoms with van der Waals surface area (Å²) in [5, 5.41) is 0. The van der Waals surface area contributed by atoms with Crippen LogP contribution in [0.2, 0.25) is 0 Å². The lowest BCUT2D eigenvalue weighted by Gasteiger charge is -2.41. The first-order chi connectivity index (χ1) is 10.1.